The SMILES string of the molecule is N[C@H](CNc1nc(-c2ccncc2)nc2c(CCC3CC3)csc12)Cc1ccccc1. The lowest BCUT2D eigenvalue weighted by Gasteiger charge is -2.14. The van der Waals surface area contributed by atoms with Crippen LogP contribution in [0.1, 0.15) is 30.4 Å². The van der Waals surface area contributed by atoms with Crippen molar-refractivity contribution in [3.63, 3.8) is 0 Å². The standard InChI is InChI=1S/C25H27N5S/c26-21(14-18-4-2-1-3-5-18)15-28-25-23-22(20(16-31-23)9-8-17-6-7-17)29-24(30-25)19-10-12-27-13-11-19/h1-5,10-13,16-17,21H,6-9,14-15,26H2,(H,28,29,30)/t21-/m0/s1. The molecule has 31 heavy (non-hydrogen) atoms. The Balaban J connectivity index is 1.41. The number of benzene rings is 1. The molecule has 3 aromatic heterocycles. The number of aryl methyl sites for hydroxylation is 1. The Bertz CT molecular complexity index is 1140. The monoisotopic (exact) mass is 429 g/mol. The average molecular weight is 430 g/mol. The molecule has 1 aromatic carbocycles. The molecule has 158 valence electrons. The first-order valence-electron chi connectivity index (χ1n) is 11.0. The summed E-state index contributed by atoms with van der Waals surface area (Å²) in [6.45, 7) is 0.659. The zero-order chi connectivity index (χ0) is 21.0. The Kier molecular flexibility index (Phi) is 5.91. The highest BCUT2D eigenvalue weighted by Gasteiger charge is 2.22. The lowest BCUT2D eigenvalue weighted by atomic mass is 10.1. The minimum Gasteiger partial charge on any atom is -0.367 e. The molecule has 0 amide bonds. The Labute approximate surface area is 186 Å². The molecule has 0 unspecified atom stereocenters. The topological polar surface area (TPSA) is 76.7 Å². The average Bonchev–Trinajstić information content (AvgIpc) is 3.55. The van der Waals surface area contributed by atoms with E-state index in [0.29, 0.717) is 6.54 Å². The van der Waals surface area contributed by atoms with Gasteiger partial charge >= 0.3 is 0 Å². The molecule has 1 aliphatic carbocycles. The maximum absolute atomic E-state index is 6.43. The number of thiophene rings is 1. The van der Waals surface area contributed by atoms with Gasteiger partial charge in [-0.15, -0.1) is 11.3 Å². The van der Waals surface area contributed by atoms with Gasteiger partial charge in [0.15, 0.2) is 5.82 Å². The van der Waals surface area contributed by atoms with E-state index in [1.807, 2.05) is 18.2 Å². The zero-order valence-corrected chi connectivity index (χ0v) is 18.3. The van der Waals surface area contributed by atoms with Crippen molar-refractivity contribution in [2.75, 3.05) is 11.9 Å². The lowest BCUT2D eigenvalue weighted by molar-refractivity contribution is 0.698. The van der Waals surface area contributed by atoms with Crippen molar-refractivity contribution in [2.24, 2.45) is 11.7 Å². The summed E-state index contributed by atoms with van der Waals surface area (Å²) < 4.78 is 1.12. The maximum atomic E-state index is 6.43. The van der Waals surface area contributed by atoms with Gasteiger partial charge in [0.05, 0.1) is 10.2 Å². The van der Waals surface area contributed by atoms with E-state index >= 15 is 0 Å². The highest BCUT2D eigenvalue weighted by molar-refractivity contribution is 7.18. The fraction of sp³-hybridized carbons (Fsp3) is 0.320. The molecule has 6 heteroatoms. The zero-order valence-electron chi connectivity index (χ0n) is 17.5. The Morgan fingerprint density at radius 3 is 2.65 bits per heavy atom. The van der Waals surface area contributed by atoms with Crippen molar-refractivity contribution in [1.29, 1.82) is 0 Å². The fourth-order valence-corrected chi connectivity index (χ4v) is 4.88. The molecule has 1 saturated carbocycles. The third kappa shape index (κ3) is 4.92. The highest BCUT2D eigenvalue weighted by Crippen LogP contribution is 2.37. The van der Waals surface area contributed by atoms with Crippen LogP contribution >= 0.6 is 11.3 Å². The van der Waals surface area contributed by atoms with Crippen molar-refractivity contribution in [3.05, 3.63) is 71.4 Å². The van der Waals surface area contributed by atoms with E-state index in [1.54, 1.807) is 23.7 Å². The number of nitrogens with zero attached hydrogens (tertiary/aromatic N) is 3. The molecule has 0 bridgehead atoms. The summed E-state index contributed by atoms with van der Waals surface area (Å²) in [4.78, 5) is 14.0. The Morgan fingerprint density at radius 1 is 1.06 bits per heavy atom. The summed E-state index contributed by atoms with van der Waals surface area (Å²) in [5.41, 5.74) is 11.1. The quantitative estimate of drug-likeness (QED) is 0.388. The Morgan fingerprint density at radius 2 is 1.87 bits per heavy atom. The number of hydrogen-bond acceptors (Lipinski definition) is 6. The van der Waals surface area contributed by atoms with Gasteiger partial charge in [-0.25, -0.2) is 9.97 Å². The first kappa shape index (κ1) is 20.1. The smallest absolute Gasteiger partial charge is 0.162 e. The highest BCUT2D eigenvalue weighted by atomic mass is 32.1. The van der Waals surface area contributed by atoms with Crippen LogP contribution < -0.4 is 11.1 Å². The van der Waals surface area contributed by atoms with Crippen LogP contribution in [0.25, 0.3) is 21.6 Å². The Hall–Kier alpha value is -2.83. The van der Waals surface area contributed by atoms with E-state index < -0.39 is 0 Å². The first-order valence-corrected chi connectivity index (χ1v) is 11.9. The van der Waals surface area contributed by atoms with Crippen LogP contribution in [-0.4, -0.2) is 27.5 Å². The van der Waals surface area contributed by atoms with Gasteiger partial charge in [0.1, 0.15) is 5.82 Å². The minimum atomic E-state index is 0.00564. The largest absolute Gasteiger partial charge is 0.367 e. The van der Waals surface area contributed by atoms with Crippen LogP contribution in [0, 0.1) is 5.92 Å². The van der Waals surface area contributed by atoms with Crippen molar-refractivity contribution >= 4 is 27.4 Å². The molecule has 0 radical (unpaired) electrons. The van der Waals surface area contributed by atoms with Crippen LogP contribution in [0.5, 0.6) is 0 Å². The third-order valence-electron chi connectivity index (χ3n) is 5.82. The van der Waals surface area contributed by atoms with Crippen molar-refractivity contribution in [2.45, 2.75) is 38.1 Å². The summed E-state index contributed by atoms with van der Waals surface area (Å²) >= 11 is 1.73. The lowest BCUT2D eigenvalue weighted by Crippen LogP contribution is -2.31. The molecule has 5 nitrogen and oxygen atoms in total. The van der Waals surface area contributed by atoms with Crippen molar-refractivity contribution in [1.82, 2.24) is 15.0 Å². The van der Waals surface area contributed by atoms with Gasteiger partial charge in [0.25, 0.3) is 0 Å². The summed E-state index contributed by atoms with van der Waals surface area (Å²) in [7, 11) is 0. The van der Waals surface area contributed by atoms with E-state index in [2.05, 4.69) is 39.9 Å². The molecule has 0 spiro atoms. The molecule has 1 aliphatic rings. The number of nitrogens with two attached hydrogens (primary N) is 1. The molecule has 0 saturated heterocycles. The molecule has 3 heterocycles. The van der Waals surface area contributed by atoms with E-state index in [4.69, 9.17) is 15.7 Å². The molecule has 3 N–H and O–H groups in total. The molecule has 0 aliphatic heterocycles. The summed E-state index contributed by atoms with van der Waals surface area (Å²) in [6, 6.07) is 14.3. The molecule has 1 fully saturated rings. The first-order chi connectivity index (χ1) is 15.3. The summed E-state index contributed by atoms with van der Waals surface area (Å²) in [6.07, 6.45) is 9.50. The van der Waals surface area contributed by atoms with Crippen LogP contribution in [0.15, 0.2) is 60.2 Å². The number of nitrogens with one attached hydrogen (secondary N) is 1. The van der Waals surface area contributed by atoms with Crippen LogP contribution in [0.2, 0.25) is 0 Å². The second kappa shape index (κ2) is 9.12. The summed E-state index contributed by atoms with van der Waals surface area (Å²) in [5, 5.41) is 5.78. The molecule has 4 aromatic rings. The molecular weight excluding hydrogens is 402 g/mol. The predicted octanol–water partition coefficient (Wildman–Crippen LogP) is 5.08. The normalized spacial score (nSPS) is 14.6. The van der Waals surface area contributed by atoms with Gasteiger partial charge in [-0.3, -0.25) is 4.98 Å². The van der Waals surface area contributed by atoms with Crippen LogP contribution in [0.3, 0.4) is 0 Å². The van der Waals surface area contributed by atoms with Crippen molar-refractivity contribution < 1.29 is 0 Å². The van der Waals surface area contributed by atoms with Crippen LogP contribution in [0.4, 0.5) is 5.82 Å². The number of hydrogen-bond donors (Lipinski definition) is 2. The van der Waals surface area contributed by atoms with E-state index in [-0.39, 0.29) is 6.04 Å². The fourth-order valence-electron chi connectivity index (χ4n) is 3.88. The summed E-state index contributed by atoms with van der Waals surface area (Å²) in [5.74, 6) is 2.52. The number of aromatic nitrogens is 3. The number of fused-ring (bicyclic) bond motifs is 1. The van der Waals surface area contributed by atoms with Crippen LogP contribution in [-0.2, 0) is 12.8 Å². The van der Waals surface area contributed by atoms with Gasteiger partial charge in [0, 0.05) is 30.5 Å². The van der Waals surface area contributed by atoms with E-state index in [0.717, 1.165) is 46.2 Å². The van der Waals surface area contributed by atoms with Gasteiger partial charge < -0.3 is 11.1 Å². The predicted molar refractivity (Wildman–Crippen MR) is 128 cm³/mol. The minimum absolute atomic E-state index is 0.00564. The second-order valence-electron chi connectivity index (χ2n) is 8.38. The number of anilines is 1. The third-order valence-corrected chi connectivity index (χ3v) is 6.84. The van der Waals surface area contributed by atoms with E-state index in [1.165, 1.54) is 30.4 Å². The molecule has 1 atom stereocenters. The van der Waals surface area contributed by atoms with Gasteiger partial charge in [-0.2, -0.15) is 0 Å². The number of rotatable bonds is 9. The van der Waals surface area contributed by atoms with E-state index in [9.17, 15) is 0 Å². The van der Waals surface area contributed by atoms with Crippen molar-refractivity contribution in [3.8, 4) is 11.4 Å². The molecular formula is C25H27N5S. The van der Waals surface area contributed by atoms with Gasteiger partial charge in [-0.05, 0) is 53.8 Å². The van der Waals surface area contributed by atoms with Gasteiger partial charge in [-0.1, -0.05) is 43.2 Å². The second-order valence-corrected chi connectivity index (χ2v) is 9.26. The number of pyridine rings is 1. The molecule has 5 rings (SSSR count). The maximum Gasteiger partial charge on any atom is 0.162 e. The van der Waals surface area contributed by atoms with Gasteiger partial charge in [0.2, 0.25) is 0 Å².